The molecule has 4 rings (SSSR count). The topological polar surface area (TPSA) is 115 Å². The highest BCUT2D eigenvalue weighted by Crippen LogP contribution is 2.38. The Morgan fingerprint density at radius 1 is 1.24 bits per heavy atom. The third-order valence-corrected chi connectivity index (χ3v) is 8.34. The van der Waals surface area contributed by atoms with E-state index >= 15 is 0 Å². The Balaban J connectivity index is 1.96. The third-order valence-electron chi connectivity index (χ3n) is 5.47. The quantitative estimate of drug-likeness (QED) is 0.348. The molecule has 0 amide bonds. The highest BCUT2D eigenvalue weighted by molar-refractivity contribution is 7.90. The Labute approximate surface area is 196 Å². The number of carboxylic acids is 1. The highest BCUT2D eigenvalue weighted by Gasteiger charge is 2.35. The fraction of sp³-hybridized carbons (Fsp3) is 0.182. The average molecular weight is 510 g/mol. The van der Waals surface area contributed by atoms with Crippen LogP contribution in [0.15, 0.2) is 55.1 Å². The van der Waals surface area contributed by atoms with Gasteiger partial charge in [-0.05, 0) is 48.9 Å². The van der Waals surface area contributed by atoms with Crippen LogP contribution < -0.4 is 5.73 Å². The van der Waals surface area contributed by atoms with Crippen LogP contribution in [0.3, 0.4) is 0 Å². The number of alkyl halides is 3. The van der Waals surface area contributed by atoms with Gasteiger partial charge in [-0.1, -0.05) is 23.5 Å². The first-order chi connectivity index (χ1) is 15.8. The van der Waals surface area contributed by atoms with Crippen molar-refractivity contribution in [2.24, 2.45) is 0 Å². The van der Waals surface area contributed by atoms with E-state index in [-0.39, 0.29) is 16.6 Å². The summed E-state index contributed by atoms with van der Waals surface area (Å²) in [5.74, 6) is -2.64. The Kier molecular flexibility index (Phi) is 5.68. The molecule has 0 aliphatic carbocycles. The molecular formula is C22H18F3N3O4S2. The lowest BCUT2D eigenvalue weighted by molar-refractivity contribution is -0.139. The number of nitrogens with zero attached hydrogens (tertiary/aromatic N) is 2. The smallest absolute Gasteiger partial charge is 0.416 e. The standard InChI is InChI=1S/C22H18F3N3O4S2/c1-3-19(12-4-6-15-18(10-12)33-21(26)27-15)34(31,32)28-16-7-5-14(22(23,24)25)8-13(16)9-17(28)11(2)20(29)30/h3-11,19H,1H2,2H3,(H2,26,27)(H,29,30). The summed E-state index contributed by atoms with van der Waals surface area (Å²) in [4.78, 5) is 15.9. The van der Waals surface area contributed by atoms with E-state index in [1.807, 2.05) is 0 Å². The molecule has 2 atom stereocenters. The first-order valence-corrected chi connectivity index (χ1v) is 12.1. The summed E-state index contributed by atoms with van der Waals surface area (Å²) >= 11 is 1.17. The first kappa shape index (κ1) is 23.8. The number of nitrogen functional groups attached to an aromatic ring is 1. The lowest BCUT2D eigenvalue weighted by atomic mass is 10.1. The molecule has 3 N–H and O–H groups in total. The summed E-state index contributed by atoms with van der Waals surface area (Å²) in [5, 5.41) is 8.48. The molecule has 0 aliphatic heterocycles. The minimum Gasteiger partial charge on any atom is -0.481 e. The average Bonchev–Trinajstić information content (AvgIpc) is 3.31. The van der Waals surface area contributed by atoms with Crippen LogP contribution in [-0.2, 0) is 21.0 Å². The predicted molar refractivity (Wildman–Crippen MR) is 124 cm³/mol. The van der Waals surface area contributed by atoms with E-state index in [4.69, 9.17) is 5.73 Å². The van der Waals surface area contributed by atoms with Crippen molar-refractivity contribution >= 4 is 53.6 Å². The van der Waals surface area contributed by atoms with Crippen molar-refractivity contribution in [1.82, 2.24) is 8.96 Å². The number of fused-ring (bicyclic) bond motifs is 2. The van der Waals surface area contributed by atoms with Gasteiger partial charge in [0.2, 0.25) is 10.0 Å². The van der Waals surface area contributed by atoms with Crippen LogP contribution >= 0.6 is 11.3 Å². The number of rotatable bonds is 6. The fourth-order valence-corrected chi connectivity index (χ4v) is 6.47. The summed E-state index contributed by atoms with van der Waals surface area (Å²) in [6, 6.07) is 8.50. The molecule has 0 spiro atoms. The van der Waals surface area contributed by atoms with Crippen LogP contribution in [0.2, 0.25) is 0 Å². The van der Waals surface area contributed by atoms with Crippen molar-refractivity contribution in [3.8, 4) is 0 Å². The molecule has 2 unspecified atom stereocenters. The van der Waals surface area contributed by atoms with Gasteiger partial charge < -0.3 is 10.8 Å². The van der Waals surface area contributed by atoms with Gasteiger partial charge in [-0.15, -0.1) is 6.58 Å². The van der Waals surface area contributed by atoms with Gasteiger partial charge in [0, 0.05) is 11.1 Å². The molecule has 7 nitrogen and oxygen atoms in total. The number of hydrogen-bond donors (Lipinski definition) is 2. The van der Waals surface area contributed by atoms with Crippen LogP contribution in [-0.4, -0.2) is 28.5 Å². The summed E-state index contributed by atoms with van der Waals surface area (Å²) in [6.45, 7) is 4.91. The second-order valence-corrected chi connectivity index (χ2v) is 10.6. The molecule has 4 aromatic rings. The largest absolute Gasteiger partial charge is 0.481 e. The number of aromatic nitrogens is 2. The van der Waals surface area contributed by atoms with Crippen LogP contribution in [0.25, 0.3) is 21.1 Å². The van der Waals surface area contributed by atoms with E-state index in [2.05, 4.69) is 11.6 Å². The van der Waals surface area contributed by atoms with Gasteiger partial charge in [0.25, 0.3) is 0 Å². The van der Waals surface area contributed by atoms with Gasteiger partial charge >= 0.3 is 12.1 Å². The van der Waals surface area contributed by atoms with Crippen LogP contribution in [0.1, 0.15) is 34.9 Å². The fourth-order valence-electron chi connectivity index (χ4n) is 3.78. The SMILES string of the molecule is C=CC(c1ccc2nc(N)sc2c1)S(=O)(=O)n1c(C(C)C(=O)O)cc2cc(C(F)(F)F)ccc21. The van der Waals surface area contributed by atoms with Gasteiger partial charge in [0.15, 0.2) is 5.13 Å². The molecule has 0 radical (unpaired) electrons. The van der Waals surface area contributed by atoms with E-state index in [1.54, 1.807) is 18.2 Å². The van der Waals surface area contributed by atoms with Crippen molar-refractivity contribution in [3.63, 3.8) is 0 Å². The van der Waals surface area contributed by atoms with E-state index in [9.17, 15) is 31.5 Å². The molecule has 2 aromatic heterocycles. The Morgan fingerprint density at radius 3 is 2.56 bits per heavy atom. The Hall–Kier alpha value is -3.38. The number of carboxylic acid groups (broad SMARTS) is 1. The van der Waals surface area contributed by atoms with E-state index in [0.29, 0.717) is 20.9 Å². The summed E-state index contributed by atoms with van der Waals surface area (Å²) in [7, 11) is -4.40. The van der Waals surface area contributed by atoms with Crippen molar-refractivity contribution in [2.75, 3.05) is 5.73 Å². The van der Waals surface area contributed by atoms with Crippen molar-refractivity contribution < 1.29 is 31.5 Å². The molecule has 0 fully saturated rings. The minimum absolute atomic E-state index is 0.0463. The number of nitrogens with two attached hydrogens (primary N) is 1. The van der Waals surface area contributed by atoms with Crippen LogP contribution in [0, 0.1) is 0 Å². The number of carbonyl (C=O) groups is 1. The summed E-state index contributed by atoms with van der Waals surface area (Å²) < 4.78 is 68.8. The zero-order valence-corrected chi connectivity index (χ0v) is 19.2. The molecule has 2 aromatic carbocycles. The third kappa shape index (κ3) is 3.92. The van der Waals surface area contributed by atoms with Gasteiger partial charge in [-0.2, -0.15) is 13.2 Å². The zero-order valence-electron chi connectivity index (χ0n) is 17.6. The number of benzene rings is 2. The van der Waals surface area contributed by atoms with Gasteiger partial charge in [0.1, 0.15) is 5.25 Å². The molecule has 178 valence electrons. The van der Waals surface area contributed by atoms with E-state index in [0.717, 1.165) is 28.2 Å². The van der Waals surface area contributed by atoms with E-state index < -0.39 is 38.9 Å². The molecule has 0 aliphatic rings. The van der Waals surface area contributed by atoms with Crippen LogP contribution in [0.5, 0.6) is 0 Å². The maximum Gasteiger partial charge on any atom is 0.416 e. The Bertz CT molecular complexity index is 1550. The van der Waals surface area contributed by atoms with Crippen molar-refractivity contribution in [3.05, 3.63) is 71.9 Å². The lowest BCUT2D eigenvalue weighted by Crippen LogP contribution is -2.24. The minimum atomic E-state index is -4.65. The highest BCUT2D eigenvalue weighted by atomic mass is 32.2. The number of halogens is 3. The molecule has 0 saturated heterocycles. The maximum absolute atomic E-state index is 13.8. The second kappa shape index (κ2) is 8.13. The molecular weight excluding hydrogens is 491 g/mol. The second-order valence-electron chi connectivity index (χ2n) is 7.65. The monoisotopic (exact) mass is 509 g/mol. The first-order valence-electron chi connectivity index (χ1n) is 9.83. The van der Waals surface area contributed by atoms with Gasteiger partial charge in [-0.3, -0.25) is 4.79 Å². The van der Waals surface area contributed by atoms with E-state index in [1.165, 1.54) is 24.3 Å². The molecule has 2 heterocycles. The predicted octanol–water partition coefficient (Wildman–Crippen LogP) is 5.15. The van der Waals surface area contributed by atoms with Gasteiger partial charge in [-0.25, -0.2) is 17.4 Å². The normalized spacial score (nSPS) is 14.4. The summed E-state index contributed by atoms with van der Waals surface area (Å²) in [6.07, 6.45) is -3.46. The Morgan fingerprint density at radius 2 is 1.94 bits per heavy atom. The maximum atomic E-state index is 13.8. The van der Waals surface area contributed by atoms with Crippen LogP contribution in [0.4, 0.5) is 18.3 Å². The number of aliphatic carboxylic acids is 1. The zero-order chi connectivity index (χ0) is 25.0. The number of thiazole rings is 1. The van der Waals surface area contributed by atoms with Gasteiger partial charge in [0.05, 0.1) is 27.2 Å². The lowest BCUT2D eigenvalue weighted by Gasteiger charge is -2.20. The molecule has 12 heteroatoms. The number of anilines is 1. The summed E-state index contributed by atoms with van der Waals surface area (Å²) in [5.41, 5.74) is 5.43. The van der Waals surface area contributed by atoms with Crippen molar-refractivity contribution in [1.29, 1.82) is 0 Å². The molecule has 0 saturated carbocycles. The van der Waals surface area contributed by atoms with Crippen molar-refractivity contribution in [2.45, 2.75) is 24.3 Å². The number of hydrogen-bond acceptors (Lipinski definition) is 6. The molecule has 0 bridgehead atoms. The molecule has 34 heavy (non-hydrogen) atoms.